The van der Waals surface area contributed by atoms with E-state index in [1.165, 1.54) is 38.5 Å². The predicted molar refractivity (Wildman–Crippen MR) is 60.6 cm³/mol. The van der Waals surface area contributed by atoms with Crippen LogP contribution >= 0.6 is 0 Å². The molecule has 2 nitrogen and oxygen atoms in total. The molecule has 0 spiro atoms. The molecule has 0 bridgehead atoms. The van der Waals surface area contributed by atoms with Gasteiger partial charge in [-0.3, -0.25) is 0 Å². The zero-order valence-electron chi connectivity index (χ0n) is 9.49. The lowest BCUT2D eigenvalue weighted by molar-refractivity contribution is -0.194. The fourth-order valence-electron chi connectivity index (χ4n) is 2.49. The summed E-state index contributed by atoms with van der Waals surface area (Å²) in [5.74, 6) is 0.720. The summed E-state index contributed by atoms with van der Waals surface area (Å²) in [6.45, 7) is 4.74. The minimum absolute atomic E-state index is 0.0871. The Morgan fingerprint density at radius 3 is 2.47 bits per heavy atom. The van der Waals surface area contributed by atoms with Crippen LogP contribution in [0.25, 0.3) is 0 Å². The van der Waals surface area contributed by atoms with Gasteiger partial charge in [-0.05, 0) is 50.9 Å². The quantitative estimate of drug-likeness (QED) is 0.666. The molecule has 2 fully saturated rings. The molecule has 1 saturated heterocycles. The highest BCUT2D eigenvalue weighted by Gasteiger charge is 2.24. The molecule has 1 aliphatic carbocycles. The van der Waals surface area contributed by atoms with Gasteiger partial charge in [-0.2, -0.15) is 0 Å². The second-order valence-corrected chi connectivity index (χ2v) is 4.70. The van der Waals surface area contributed by atoms with Crippen molar-refractivity contribution in [3.05, 3.63) is 12.7 Å². The summed E-state index contributed by atoms with van der Waals surface area (Å²) in [6.07, 6.45) is 11.0. The maximum atomic E-state index is 5.97. The van der Waals surface area contributed by atoms with Crippen LogP contribution in [0.2, 0.25) is 0 Å². The molecule has 0 amide bonds. The van der Waals surface area contributed by atoms with Crippen molar-refractivity contribution in [2.75, 3.05) is 6.61 Å². The van der Waals surface area contributed by atoms with Crippen molar-refractivity contribution in [3.63, 3.8) is 0 Å². The first-order valence-corrected chi connectivity index (χ1v) is 6.28. The molecule has 1 aliphatic heterocycles. The highest BCUT2D eigenvalue weighted by molar-refractivity contribution is 4.84. The van der Waals surface area contributed by atoms with Crippen LogP contribution in [0.1, 0.15) is 44.9 Å². The normalized spacial score (nSPS) is 37.5. The van der Waals surface area contributed by atoms with Gasteiger partial charge in [0.15, 0.2) is 6.29 Å². The Morgan fingerprint density at radius 1 is 1.07 bits per heavy atom. The highest BCUT2D eigenvalue weighted by Crippen LogP contribution is 2.28. The lowest BCUT2D eigenvalue weighted by atomic mass is 9.87. The van der Waals surface area contributed by atoms with E-state index in [1.807, 2.05) is 0 Å². The van der Waals surface area contributed by atoms with Crippen LogP contribution in [0.3, 0.4) is 0 Å². The molecule has 1 atom stereocenters. The monoisotopic (exact) mass is 210 g/mol. The van der Waals surface area contributed by atoms with Crippen LogP contribution < -0.4 is 0 Å². The zero-order chi connectivity index (χ0) is 10.5. The molecule has 2 heteroatoms. The van der Waals surface area contributed by atoms with E-state index >= 15 is 0 Å². The van der Waals surface area contributed by atoms with Crippen LogP contribution in [0, 0.1) is 5.92 Å². The molecule has 1 saturated carbocycles. The summed E-state index contributed by atoms with van der Waals surface area (Å²) in [4.78, 5) is 0. The van der Waals surface area contributed by atoms with Gasteiger partial charge < -0.3 is 9.47 Å². The van der Waals surface area contributed by atoms with Crippen LogP contribution in [0.15, 0.2) is 12.7 Å². The van der Waals surface area contributed by atoms with E-state index in [-0.39, 0.29) is 6.29 Å². The molecule has 0 radical (unpaired) electrons. The van der Waals surface area contributed by atoms with Crippen molar-refractivity contribution in [1.82, 2.24) is 0 Å². The number of allylic oxidation sites excluding steroid dienone is 1. The zero-order valence-corrected chi connectivity index (χ0v) is 9.49. The first kappa shape index (κ1) is 11.2. The summed E-state index contributed by atoms with van der Waals surface area (Å²) in [6, 6.07) is 0. The van der Waals surface area contributed by atoms with Gasteiger partial charge in [0, 0.05) is 6.61 Å². The molecule has 86 valence electrons. The lowest BCUT2D eigenvalue weighted by Gasteiger charge is -2.31. The predicted octanol–water partition coefficient (Wildman–Crippen LogP) is 3.27. The van der Waals surface area contributed by atoms with Crippen molar-refractivity contribution < 1.29 is 9.47 Å². The minimum Gasteiger partial charge on any atom is -0.353 e. The molecular weight excluding hydrogens is 188 g/mol. The van der Waals surface area contributed by atoms with Crippen LogP contribution in [-0.2, 0) is 9.47 Å². The Kier molecular flexibility index (Phi) is 4.21. The van der Waals surface area contributed by atoms with Crippen molar-refractivity contribution in [2.24, 2.45) is 5.92 Å². The van der Waals surface area contributed by atoms with E-state index in [4.69, 9.17) is 9.47 Å². The van der Waals surface area contributed by atoms with Gasteiger partial charge in [-0.15, -0.1) is 6.58 Å². The molecule has 1 unspecified atom stereocenters. The Bertz CT molecular complexity index is 189. The minimum atomic E-state index is 0.0871. The van der Waals surface area contributed by atoms with Crippen molar-refractivity contribution in [1.29, 1.82) is 0 Å². The summed E-state index contributed by atoms with van der Waals surface area (Å²) in [7, 11) is 0. The second kappa shape index (κ2) is 5.66. The molecule has 0 aromatic heterocycles. The average Bonchev–Trinajstić information content (AvgIpc) is 2.31. The highest BCUT2D eigenvalue weighted by atomic mass is 16.7. The Balaban J connectivity index is 1.69. The van der Waals surface area contributed by atoms with E-state index in [9.17, 15) is 0 Å². The summed E-state index contributed by atoms with van der Waals surface area (Å²) in [5.41, 5.74) is 0. The first-order chi connectivity index (χ1) is 7.38. The molecule has 0 N–H and O–H groups in total. The Hall–Kier alpha value is -0.340. The fraction of sp³-hybridized carbons (Fsp3) is 0.846. The smallest absolute Gasteiger partial charge is 0.157 e. The van der Waals surface area contributed by atoms with E-state index < -0.39 is 0 Å². The largest absolute Gasteiger partial charge is 0.353 e. The standard InChI is InChI=1S/C13H22O2/c1-2-11-6-8-12(9-7-11)15-13-5-3-4-10-14-13/h2,11-13H,1,3-10H2. The lowest BCUT2D eigenvalue weighted by Crippen LogP contribution is -2.30. The molecule has 0 aromatic carbocycles. The van der Waals surface area contributed by atoms with Crippen LogP contribution in [0.4, 0.5) is 0 Å². The van der Waals surface area contributed by atoms with E-state index in [0.29, 0.717) is 6.10 Å². The number of hydrogen-bond donors (Lipinski definition) is 0. The molecule has 2 rings (SSSR count). The molecular formula is C13H22O2. The van der Waals surface area contributed by atoms with Gasteiger partial charge >= 0.3 is 0 Å². The molecule has 2 aliphatic rings. The summed E-state index contributed by atoms with van der Waals surface area (Å²) in [5, 5.41) is 0. The van der Waals surface area contributed by atoms with Gasteiger partial charge in [0.05, 0.1) is 6.10 Å². The van der Waals surface area contributed by atoms with Crippen molar-refractivity contribution in [2.45, 2.75) is 57.3 Å². The Morgan fingerprint density at radius 2 is 1.87 bits per heavy atom. The van der Waals surface area contributed by atoms with Crippen molar-refractivity contribution >= 4 is 0 Å². The number of ether oxygens (including phenoxy) is 2. The van der Waals surface area contributed by atoms with Gasteiger partial charge in [0.2, 0.25) is 0 Å². The second-order valence-electron chi connectivity index (χ2n) is 4.70. The molecule has 0 aromatic rings. The third kappa shape index (κ3) is 3.32. The molecule has 1 heterocycles. The summed E-state index contributed by atoms with van der Waals surface area (Å²) >= 11 is 0. The number of rotatable bonds is 3. The van der Waals surface area contributed by atoms with E-state index in [0.717, 1.165) is 18.9 Å². The average molecular weight is 210 g/mol. The first-order valence-electron chi connectivity index (χ1n) is 6.28. The van der Waals surface area contributed by atoms with E-state index in [2.05, 4.69) is 12.7 Å². The van der Waals surface area contributed by atoms with Crippen LogP contribution in [-0.4, -0.2) is 19.0 Å². The van der Waals surface area contributed by atoms with Crippen LogP contribution in [0.5, 0.6) is 0 Å². The Labute approximate surface area is 92.6 Å². The topological polar surface area (TPSA) is 18.5 Å². The third-order valence-corrected chi connectivity index (χ3v) is 3.53. The fourth-order valence-corrected chi connectivity index (χ4v) is 2.49. The van der Waals surface area contributed by atoms with E-state index in [1.54, 1.807) is 0 Å². The maximum absolute atomic E-state index is 5.97. The molecule has 15 heavy (non-hydrogen) atoms. The summed E-state index contributed by atoms with van der Waals surface area (Å²) < 4.78 is 11.6. The van der Waals surface area contributed by atoms with Gasteiger partial charge in [-0.25, -0.2) is 0 Å². The van der Waals surface area contributed by atoms with Gasteiger partial charge in [0.1, 0.15) is 0 Å². The SMILES string of the molecule is C=CC1CCC(OC2CCCCO2)CC1. The number of hydrogen-bond acceptors (Lipinski definition) is 2. The van der Waals surface area contributed by atoms with Gasteiger partial charge in [-0.1, -0.05) is 6.08 Å². The third-order valence-electron chi connectivity index (χ3n) is 3.53. The van der Waals surface area contributed by atoms with Crippen molar-refractivity contribution in [3.8, 4) is 0 Å². The van der Waals surface area contributed by atoms with Gasteiger partial charge in [0.25, 0.3) is 0 Å². The maximum Gasteiger partial charge on any atom is 0.157 e.